The summed E-state index contributed by atoms with van der Waals surface area (Å²) in [5.41, 5.74) is 1.91. The van der Waals surface area contributed by atoms with E-state index in [-0.39, 0.29) is 9.79 Å². The van der Waals surface area contributed by atoms with E-state index in [1.165, 1.54) is 24.4 Å². The van der Waals surface area contributed by atoms with Gasteiger partial charge in [-0.1, -0.05) is 18.2 Å². The lowest BCUT2D eigenvalue weighted by Crippen LogP contribution is -2.43. The van der Waals surface area contributed by atoms with Crippen LogP contribution in [0, 0.1) is 5.82 Å². The summed E-state index contributed by atoms with van der Waals surface area (Å²) in [6, 6.07) is 10.6. The Hall–Kier alpha value is -2.71. The molecule has 146 valence electrons. The van der Waals surface area contributed by atoms with Gasteiger partial charge in [-0.3, -0.25) is 4.98 Å². The van der Waals surface area contributed by atoms with Gasteiger partial charge in [0.25, 0.3) is 0 Å². The molecule has 0 bridgehead atoms. The monoisotopic (exact) mass is 400 g/mol. The van der Waals surface area contributed by atoms with Gasteiger partial charge in [0.1, 0.15) is 10.7 Å². The van der Waals surface area contributed by atoms with E-state index in [9.17, 15) is 12.8 Å². The van der Waals surface area contributed by atoms with Crippen molar-refractivity contribution in [2.75, 3.05) is 43.4 Å². The van der Waals surface area contributed by atoms with Crippen LogP contribution in [0.5, 0.6) is 0 Å². The minimum atomic E-state index is -3.95. The van der Waals surface area contributed by atoms with E-state index in [4.69, 9.17) is 0 Å². The molecule has 0 unspecified atom stereocenters. The zero-order valence-electron chi connectivity index (χ0n) is 15.4. The fourth-order valence-electron chi connectivity index (χ4n) is 3.56. The molecule has 4 rings (SSSR count). The molecule has 2 aromatic carbocycles. The van der Waals surface area contributed by atoms with Crippen molar-refractivity contribution in [3.63, 3.8) is 0 Å². The van der Waals surface area contributed by atoms with Gasteiger partial charge in [0.05, 0.1) is 28.0 Å². The summed E-state index contributed by atoms with van der Waals surface area (Å²) in [7, 11) is -2.31. The lowest BCUT2D eigenvalue weighted by Gasteiger charge is -2.30. The summed E-state index contributed by atoms with van der Waals surface area (Å²) in [6.07, 6.45) is 1.53. The lowest BCUT2D eigenvalue weighted by molar-refractivity contribution is 0.589. The Morgan fingerprint density at radius 3 is 2.61 bits per heavy atom. The predicted molar refractivity (Wildman–Crippen MR) is 108 cm³/mol. The van der Waals surface area contributed by atoms with Crippen molar-refractivity contribution in [1.29, 1.82) is 0 Å². The first-order valence-corrected chi connectivity index (χ1v) is 10.6. The fourth-order valence-corrected chi connectivity index (χ4v) is 5.22. The number of nitrogens with zero attached hydrogens (tertiary/aromatic N) is 2. The number of nitrogens with one attached hydrogen (secondary N) is 2. The first-order chi connectivity index (χ1) is 13.5. The summed E-state index contributed by atoms with van der Waals surface area (Å²) >= 11 is 0. The second-order valence-corrected chi connectivity index (χ2v) is 8.51. The number of hydrogen-bond acceptors (Lipinski definition) is 6. The van der Waals surface area contributed by atoms with Crippen molar-refractivity contribution in [2.24, 2.45) is 0 Å². The van der Waals surface area contributed by atoms with Gasteiger partial charge >= 0.3 is 0 Å². The molecule has 6 nitrogen and oxygen atoms in total. The van der Waals surface area contributed by atoms with Crippen molar-refractivity contribution in [3.05, 3.63) is 54.5 Å². The third-order valence-corrected chi connectivity index (χ3v) is 6.78. The van der Waals surface area contributed by atoms with Gasteiger partial charge in [-0.15, -0.1) is 0 Å². The van der Waals surface area contributed by atoms with Gasteiger partial charge in [-0.05, 0) is 24.3 Å². The Morgan fingerprint density at radius 2 is 1.89 bits per heavy atom. The molecule has 0 atom stereocenters. The number of hydrogen-bond donors (Lipinski definition) is 2. The Bertz CT molecular complexity index is 1130. The molecule has 1 saturated heterocycles. The molecule has 0 saturated carbocycles. The van der Waals surface area contributed by atoms with Gasteiger partial charge in [0, 0.05) is 38.6 Å². The number of aromatic nitrogens is 1. The third kappa shape index (κ3) is 3.18. The highest BCUT2D eigenvalue weighted by Gasteiger charge is 2.26. The summed E-state index contributed by atoms with van der Waals surface area (Å²) in [5.74, 6) is -0.591. The maximum Gasteiger partial charge on any atom is 0.209 e. The molecule has 0 aliphatic carbocycles. The Balaban J connectivity index is 1.97. The highest BCUT2D eigenvalue weighted by atomic mass is 32.2. The average Bonchev–Trinajstić information content (AvgIpc) is 2.73. The molecule has 1 aliphatic rings. The summed E-state index contributed by atoms with van der Waals surface area (Å²) in [5, 5.41) is 6.75. The van der Waals surface area contributed by atoms with Crippen molar-refractivity contribution in [2.45, 2.75) is 9.79 Å². The Morgan fingerprint density at radius 1 is 1.14 bits per heavy atom. The fraction of sp³-hybridized carbons (Fsp3) is 0.250. The molecule has 8 heteroatoms. The van der Waals surface area contributed by atoms with Crippen LogP contribution in [0.25, 0.3) is 10.9 Å². The summed E-state index contributed by atoms with van der Waals surface area (Å²) < 4.78 is 40.5. The molecule has 3 aromatic rings. The van der Waals surface area contributed by atoms with Crippen molar-refractivity contribution in [3.8, 4) is 0 Å². The van der Waals surface area contributed by atoms with Gasteiger partial charge in [0.2, 0.25) is 9.84 Å². The second-order valence-electron chi connectivity index (χ2n) is 6.62. The maximum atomic E-state index is 13.7. The molecular formula is C20H21FN4O2S. The van der Waals surface area contributed by atoms with Crippen molar-refractivity contribution >= 4 is 32.1 Å². The SMILES string of the molecule is CNc1cnc2c(N3CCNCC3)cccc2c1S(=O)(=O)c1cccc(F)c1. The van der Waals surface area contributed by atoms with E-state index < -0.39 is 15.7 Å². The van der Waals surface area contributed by atoms with Crippen molar-refractivity contribution < 1.29 is 12.8 Å². The molecular weight excluding hydrogens is 379 g/mol. The zero-order valence-corrected chi connectivity index (χ0v) is 16.3. The van der Waals surface area contributed by atoms with Crippen LogP contribution in [-0.4, -0.2) is 46.6 Å². The molecule has 1 aliphatic heterocycles. The maximum absolute atomic E-state index is 13.7. The highest BCUT2D eigenvalue weighted by molar-refractivity contribution is 7.92. The lowest BCUT2D eigenvalue weighted by atomic mass is 10.1. The Labute approximate surface area is 163 Å². The smallest absolute Gasteiger partial charge is 0.209 e. The number of rotatable bonds is 4. The number of para-hydroxylation sites is 1. The van der Waals surface area contributed by atoms with Crippen molar-refractivity contribution in [1.82, 2.24) is 10.3 Å². The normalized spacial score (nSPS) is 15.0. The van der Waals surface area contributed by atoms with E-state index in [0.29, 0.717) is 16.6 Å². The van der Waals surface area contributed by atoms with Crippen LogP contribution < -0.4 is 15.5 Å². The molecule has 0 amide bonds. The molecule has 28 heavy (non-hydrogen) atoms. The molecule has 2 N–H and O–H groups in total. The number of benzene rings is 2. The van der Waals surface area contributed by atoms with Crippen LogP contribution >= 0.6 is 0 Å². The molecule has 1 fully saturated rings. The van der Waals surface area contributed by atoms with Gasteiger partial charge in [-0.2, -0.15) is 0 Å². The van der Waals surface area contributed by atoms with E-state index in [0.717, 1.165) is 37.9 Å². The Kier molecular flexibility index (Phi) is 4.91. The largest absolute Gasteiger partial charge is 0.386 e. The third-order valence-electron chi connectivity index (χ3n) is 4.93. The van der Waals surface area contributed by atoms with E-state index >= 15 is 0 Å². The number of pyridine rings is 1. The van der Waals surface area contributed by atoms with Crippen LogP contribution in [0.3, 0.4) is 0 Å². The number of halogens is 1. The second kappa shape index (κ2) is 7.37. The first-order valence-electron chi connectivity index (χ1n) is 9.08. The molecule has 0 radical (unpaired) electrons. The number of sulfone groups is 1. The van der Waals surface area contributed by atoms with Gasteiger partial charge < -0.3 is 15.5 Å². The van der Waals surface area contributed by atoms with Gasteiger partial charge in [0.15, 0.2) is 0 Å². The minimum Gasteiger partial charge on any atom is -0.386 e. The average molecular weight is 400 g/mol. The number of fused-ring (bicyclic) bond motifs is 1. The number of anilines is 2. The van der Waals surface area contributed by atoms with E-state index in [1.54, 1.807) is 13.1 Å². The van der Waals surface area contributed by atoms with Crippen LogP contribution in [0.2, 0.25) is 0 Å². The minimum absolute atomic E-state index is 0.0796. The number of piperazine rings is 1. The van der Waals surface area contributed by atoms with Crippen LogP contribution in [0.1, 0.15) is 0 Å². The zero-order chi connectivity index (χ0) is 19.7. The quantitative estimate of drug-likeness (QED) is 0.701. The van der Waals surface area contributed by atoms with Crippen LogP contribution in [0.15, 0.2) is 58.5 Å². The van der Waals surface area contributed by atoms with Gasteiger partial charge in [-0.25, -0.2) is 12.8 Å². The standard InChI is InChI=1S/C20H21FN4O2S/c1-22-17-13-24-19-16(6-3-7-18(19)25-10-8-23-9-11-25)20(17)28(26,27)15-5-2-4-14(21)12-15/h2-7,12-13,22-23H,8-11H2,1H3. The van der Waals surface area contributed by atoms with Crippen LogP contribution in [-0.2, 0) is 9.84 Å². The van der Waals surface area contributed by atoms with E-state index in [2.05, 4.69) is 20.5 Å². The molecule has 1 aromatic heterocycles. The predicted octanol–water partition coefficient (Wildman–Crippen LogP) is 2.66. The first kappa shape index (κ1) is 18.6. The molecule has 0 spiro atoms. The van der Waals surface area contributed by atoms with E-state index in [1.807, 2.05) is 12.1 Å². The highest BCUT2D eigenvalue weighted by Crippen LogP contribution is 2.36. The summed E-state index contributed by atoms with van der Waals surface area (Å²) in [6.45, 7) is 3.36. The molecule has 2 heterocycles. The van der Waals surface area contributed by atoms with Crippen LogP contribution in [0.4, 0.5) is 15.8 Å². The topological polar surface area (TPSA) is 74.3 Å². The summed E-state index contributed by atoms with van der Waals surface area (Å²) in [4.78, 5) is 6.78.